The number of aromatic nitrogens is 1. The Morgan fingerprint density at radius 1 is 1.43 bits per heavy atom. The summed E-state index contributed by atoms with van der Waals surface area (Å²) in [5.41, 5.74) is 1.57. The summed E-state index contributed by atoms with van der Waals surface area (Å²) in [6, 6.07) is 4.12. The first kappa shape index (κ1) is 15.5. The lowest BCUT2D eigenvalue weighted by Crippen LogP contribution is -2.38. The van der Waals surface area contributed by atoms with Gasteiger partial charge in [0.05, 0.1) is 4.90 Å². The highest BCUT2D eigenvalue weighted by Crippen LogP contribution is 2.23. The predicted octanol–water partition coefficient (Wildman–Crippen LogP) is 1.18. The van der Waals surface area contributed by atoms with Crippen LogP contribution in [-0.4, -0.2) is 43.3 Å². The smallest absolute Gasteiger partial charge is 0.321 e. The molecule has 0 amide bonds. The minimum atomic E-state index is -3.29. The van der Waals surface area contributed by atoms with Crippen molar-refractivity contribution in [2.45, 2.75) is 24.3 Å². The minimum absolute atomic E-state index is 0.228. The van der Waals surface area contributed by atoms with E-state index in [1.54, 1.807) is 18.3 Å². The maximum atomic E-state index is 11.6. The monoisotopic (exact) mass is 310 g/mol. The summed E-state index contributed by atoms with van der Waals surface area (Å²) in [7, 11) is -3.29. The van der Waals surface area contributed by atoms with Crippen molar-refractivity contribution in [3.05, 3.63) is 30.0 Å². The van der Waals surface area contributed by atoms with E-state index in [1.165, 1.54) is 6.07 Å². The van der Waals surface area contributed by atoms with E-state index in [4.69, 9.17) is 0 Å². The highest BCUT2D eigenvalue weighted by molar-refractivity contribution is 7.90. The number of carboxylic acids is 1. The average molecular weight is 310 g/mol. The van der Waals surface area contributed by atoms with E-state index in [2.05, 4.69) is 10.3 Å². The van der Waals surface area contributed by atoms with Gasteiger partial charge in [-0.15, -0.1) is 0 Å². The Hall–Kier alpha value is -1.86. The summed E-state index contributed by atoms with van der Waals surface area (Å²) in [4.78, 5) is 14.5. The van der Waals surface area contributed by atoms with Gasteiger partial charge in [0.1, 0.15) is 6.04 Å². The van der Waals surface area contributed by atoms with Crippen molar-refractivity contribution in [2.24, 2.45) is 0 Å². The number of rotatable bonds is 6. The fourth-order valence-electron chi connectivity index (χ4n) is 2.27. The van der Waals surface area contributed by atoms with E-state index in [0.717, 1.165) is 22.7 Å². The van der Waals surface area contributed by atoms with Gasteiger partial charge in [-0.2, -0.15) is 0 Å². The third-order valence-corrected chi connectivity index (χ3v) is 4.45. The number of hydrogen-bond donors (Lipinski definition) is 3. The molecule has 0 bridgehead atoms. The van der Waals surface area contributed by atoms with E-state index in [-0.39, 0.29) is 11.3 Å². The Bertz CT molecular complexity index is 764. The van der Waals surface area contributed by atoms with Crippen LogP contribution in [0.3, 0.4) is 0 Å². The number of fused-ring (bicyclic) bond motifs is 1. The Labute approximate surface area is 123 Å². The molecule has 1 heterocycles. The summed E-state index contributed by atoms with van der Waals surface area (Å²) in [5, 5.41) is 12.8. The molecule has 2 aromatic rings. The summed E-state index contributed by atoms with van der Waals surface area (Å²) < 4.78 is 23.3. The topological polar surface area (TPSA) is 99.3 Å². The number of benzene rings is 1. The van der Waals surface area contributed by atoms with Gasteiger partial charge in [-0.25, -0.2) is 8.42 Å². The molecule has 0 aliphatic rings. The van der Waals surface area contributed by atoms with Crippen LogP contribution in [0.1, 0.15) is 12.5 Å². The first-order valence-corrected chi connectivity index (χ1v) is 8.48. The number of hydrogen-bond acceptors (Lipinski definition) is 4. The molecule has 7 heteroatoms. The van der Waals surface area contributed by atoms with Gasteiger partial charge in [-0.3, -0.25) is 4.79 Å². The number of carboxylic acid groups (broad SMARTS) is 1. The Kier molecular flexibility index (Phi) is 4.34. The average Bonchev–Trinajstić information content (AvgIpc) is 2.79. The Morgan fingerprint density at radius 2 is 2.14 bits per heavy atom. The highest BCUT2D eigenvalue weighted by atomic mass is 32.2. The third-order valence-electron chi connectivity index (χ3n) is 3.34. The number of aromatic amines is 1. The molecule has 6 nitrogen and oxygen atoms in total. The molecule has 0 spiro atoms. The second kappa shape index (κ2) is 5.87. The fourth-order valence-corrected chi connectivity index (χ4v) is 2.92. The van der Waals surface area contributed by atoms with Gasteiger partial charge in [0, 0.05) is 29.8 Å². The first-order chi connectivity index (χ1) is 9.82. The lowest BCUT2D eigenvalue weighted by molar-refractivity contribution is -0.139. The van der Waals surface area contributed by atoms with Gasteiger partial charge in [-0.1, -0.05) is 6.92 Å². The zero-order valence-electron chi connectivity index (χ0n) is 11.9. The number of H-pyrrole nitrogens is 1. The molecule has 0 aliphatic heterocycles. The fraction of sp³-hybridized carbons (Fsp3) is 0.357. The molecule has 3 N–H and O–H groups in total. The van der Waals surface area contributed by atoms with Crippen LogP contribution in [0.2, 0.25) is 0 Å². The van der Waals surface area contributed by atoms with Crippen molar-refractivity contribution >= 4 is 26.7 Å². The number of carbonyl (C=O) groups is 1. The molecular weight excluding hydrogens is 292 g/mol. The molecule has 0 aliphatic carbocycles. The highest BCUT2D eigenvalue weighted by Gasteiger charge is 2.19. The molecule has 1 atom stereocenters. The maximum Gasteiger partial charge on any atom is 0.321 e. The normalized spacial score (nSPS) is 13.4. The second-order valence-electron chi connectivity index (χ2n) is 4.95. The summed E-state index contributed by atoms with van der Waals surface area (Å²) in [6.45, 7) is 2.39. The van der Waals surface area contributed by atoms with E-state index in [1.807, 2.05) is 6.92 Å². The van der Waals surface area contributed by atoms with Crippen molar-refractivity contribution in [1.29, 1.82) is 0 Å². The number of nitrogens with one attached hydrogen (secondary N) is 2. The van der Waals surface area contributed by atoms with Crippen molar-refractivity contribution in [2.75, 3.05) is 12.8 Å². The molecule has 2 rings (SSSR count). The third kappa shape index (κ3) is 3.43. The van der Waals surface area contributed by atoms with Crippen molar-refractivity contribution < 1.29 is 18.3 Å². The first-order valence-electron chi connectivity index (χ1n) is 6.59. The number of sulfone groups is 1. The Balaban J connectivity index is 2.42. The summed E-state index contributed by atoms with van der Waals surface area (Å²) >= 11 is 0. The zero-order valence-corrected chi connectivity index (χ0v) is 12.7. The molecule has 1 aromatic carbocycles. The van der Waals surface area contributed by atoms with Crippen molar-refractivity contribution in [3.63, 3.8) is 0 Å². The lowest BCUT2D eigenvalue weighted by atomic mass is 10.1. The van der Waals surface area contributed by atoms with Gasteiger partial charge in [0.2, 0.25) is 0 Å². The van der Waals surface area contributed by atoms with E-state index in [0.29, 0.717) is 6.54 Å². The maximum absolute atomic E-state index is 11.6. The van der Waals surface area contributed by atoms with E-state index >= 15 is 0 Å². The zero-order chi connectivity index (χ0) is 15.6. The van der Waals surface area contributed by atoms with Crippen LogP contribution in [-0.2, 0) is 21.1 Å². The summed E-state index contributed by atoms with van der Waals surface area (Å²) in [6.07, 6.45) is 3.17. The molecule has 114 valence electrons. The molecule has 0 saturated heterocycles. The van der Waals surface area contributed by atoms with Crippen molar-refractivity contribution in [1.82, 2.24) is 10.3 Å². The van der Waals surface area contributed by atoms with E-state index in [9.17, 15) is 18.3 Å². The minimum Gasteiger partial charge on any atom is -0.480 e. The van der Waals surface area contributed by atoms with Gasteiger partial charge >= 0.3 is 5.97 Å². The standard InChI is InChI=1S/C14H18N2O4S/c1-3-15-13(14(17)18)6-9-8-16-12-5-4-10(7-11(9)12)21(2,19)20/h4-5,7-8,13,15-16H,3,6H2,1-2H3,(H,17,18). The summed E-state index contributed by atoms with van der Waals surface area (Å²) in [5.74, 6) is -0.925. The lowest BCUT2D eigenvalue weighted by Gasteiger charge is -2.12. The molecule has 0 saturated carbocycles. The molecule has 0 fully saturated rings. The molecule has 1 unspecified atom stereocenters. The van der Waals surface area contributed by atoms with Crippen LogP contribution in [0.25, 0.3) is 10.9 Å². The van der Waals surface area contributed by atoms with Crippen LogP contribution in [0.4, 0.5) is 0 Å². The van der Waals surface area contributed by atoms with Gasteiger partial charge in [0.15, 0.2) is 9.84 Å². The molecular formula is C14H18N2O4S. The van der Waals surface area contributed by atoms with Crippen LogP contribution in [0.15, 0.2) is 29.3 Å². The number of aliphatic carboxylic acids is 1. The van der Waals surface area contributed by atoms with Crippen LogP contribution in [0.5, 0.6) is 0 Å². The van der Waals surface area contributed by atoms with Crippen molar-refractivity contribution in [3.8, 4) is 0 Å². The predicted molar refractivity (Wildman–Crippen MR) is 80.2 cm³/mol. The van der Waals surface area contributed by atoms with Crippen LogP contribution >= 0.6 is 0 Å². The van der Waals surface area contributed by atoms with Gasteiger partial charge in [0.25, 0.3) is 0 Å². The quantitative estimate of drug-likeness (QED) is 0.744. The van der Waals surface area contributed by atoms with Gasteiger partial charge < -0.3 is 15.4 Å². The molecule has 0 radical (unpaired) electrons. The molecule has 21 heavy (non-hydrogen) atoms. The van der Waals surface area contributed by atoms with E-state index < -0.39 is 21.8 Å². The number of likely N-dealkylation sites (N-methyl/N-ethyl adjacent to an activating group) is 1. The van der Waals surface area contributed by atoms with Gasteiger partial charge in [-0.05, 0) is 30.3 Å². The molecule has 1 aromatic heterocycles. The largest absolute Gasteiger partial charge is 0.480 e. The second-order valence-corrected chi connectivity index (χ2v) is 6.96. The van der Waals surface area contributed by atoms with Crippen LogP contribution < -0.4 is 5.32 Å². The SMILES string of the molecule is CCNC(Cc1c[nH]c2ccc(S(C)(=O)=O)cc12)C(=O)O. The Morgan fingerprint density at radius 3 is 2.71 bits per heavy atom. The van der Waals surface area contributed by atoms with Crippen LogP contribution in [0, 0.1) is 0 Å².